The summed E-state index contributed by atoms with van der Waals surface area (Å²) in [5, 5.41) is 0. The maximum atomic E-state index is 11.3. The number of hydrogen-bond donors (Lipinski definition) is 0. The molecule has 0 radical (unpaired) electrons. The summed E-state index contributed by atoms with van der Waals surface area (Å²) in [5.41, 5.74) is 0.0613. The molecule has 0 saturated carbocycles. The Hall–Kier alpha value is -0.433. The van der Waals surface area contributed by atoms with Gasteiger partial charge in [0.15, 0.2) is 0 Å². The number of nitrogens with zero attached hydrogens (tertiary/aromatic N) is 1. The van der Waals surface area contributed by atoms with Crippen molar-refractivity contribution in [2.24, 2.45) is 0 Å². The Morgan fingerprint density at radius 1 is 1.11 bits per heavy atom. The molecule has 0 saturated heterocycles. The zero-order valence-corrected chi connectivity index (χ0v) is 13.5. The molecule has 0 N–H and O–H groups in total. The van der Waals surface area contributed by atoms with Crippen molar-refractivity contribution in [1.82, 2.24) is 4.90 Å². The van der Waals surface area contributed by atoms with Crippen LogP contribution in [0.15, 0.2) is 0 Å². The van der Waals surface area contributed by atoms with Gasteiger partial charge in [-0.1, -0.05) is 6.92 Å². The molecule has 0 bridgehead atoms. The van der Waals surface area contributed by atoms with Crippen molar-refractivity contribution in [3.05, 3.63) is 0 Å². The van der Waals surface area contributed by atoms with Crippen molar-refractivity contribution >= 4 is 14.7 Å². The highest BCUT2D eigenvalue weighted by molar-refractivity contribution is 6.62. The molecule has 18 heavy (non-hydrogen) atoms. The van der Waals surface area contributed by atoms with Crippen LogP contribution >= 0.6 is 0 Å². The van der Waals surface area contributed by atoms with E-state index in [-0.39, 0.29) is 11.4 Å². The maximum absolute atomic E-state index is 11.3. The van der Waals surface area contributed by atoms with Gasteiger partial charge in [-0.15, -0.1) is 0 Å². The van der Waals surface area contributed by atoms with Gasteiger partial charge in [0, 0.05) is 45.9 Å². The first kappa shape index (κ1) is 17.6. The van der Waals surface area contributed by atoms with Gasteiger partial charge < -0.3 is 18.2 Å². The fourth-order valence-electron chi connectivity index (χ4n) is 1.81. The molecule has 0 aromatic heterocycles. The molecular formula is C12H27NO4Si. The Labute approximate surface area is 112 Å². The van der Waals surface area contributed by atoms with Crippen molar-refractivity contribution in [1.29, 1.82) is 0 Å². The van der Waals surface area contributed by atoms with Gasteiger partial charge in [0.1, 0.15) is 0 Å². The lowest BCUT2D eigenvalue weighted by molar-refractivity contribution is -0.127. The monoisotopic (exact) mass is 277 g/mol. The van der Waals surface area contributed by atoms with E-state index in [1.54, 1.807) is 18.9 Å². The van der Waals surface area contributed by atoms with Crippen LogP contribution < -0.4 is 0 Å². The molecule has 0 aromatic rings. The van der Waals surface area contributed by atoms with Crippen LogP contribution in [0.25, 0.3) is 0 Å². The molecule has 0 heterocycles. The summed E-state index contributed by atoms with van der Waals surface area (Å²) < 4.78 is 17.4. The van der Waals surface area contributed by atoms with Gasteiger partial charge >= 0.3 is 8.80 Å². The molecular weight excluding hydrogens is 250 g/mol. The molecule has 1 atom stereocenters. The smallest absolute Gasteiger partial charge is 0.374 e. The number of hydrogen-bond acceptors (Lipinski definition) is 4. The molecule has 1 unspecified atom stereocenters. The maximum Gasteiger partial charge on any atom is 0.505 e. The van der Waals surface area contributed by atoms with E-state index in [0.717, 1.165) is 0 Å². The Morgan fingerprint density at radius 2 is 1.50 bits per heavy atom. The van der Waals surface area contributed by atoms with Gasteiger partial charge in [-0.05, 0) is 20.8 Å². The Balaban J connectivity index is 4.84. The van der Waals surface area contributed by atoms with E-state index in [1.165, 1.54) is 0 Å². The SMILES string of the molecule is CCO[Si](OCC)(OCC)C(C)CN(C)C(C)=O. The average molecular weight is 277 g/mol. The highest BCUT2D eigenvalue weighted by atomic mass is 28.4. The topological polar surface area (TPSA) is 48.0 Å². The van der Waals surface area contributed by atoms with Crippen LogP contribution in [0.2, 0.25) is 5.54 Å². The second-order valence-corrected chi connectivity index (χ2v) is 7.26. The van der Waals surface area contributed by atoms with Gasteiger partial charge in [0.05, 0.1) is 0 Å². The van der Waals surface area contributed by atoms with Crippen LogP contribution in [0.3, 0.4) is 0 Å². The van der Waals surface area contributed by atoms with Gasteiger partial charge in [-0.2, -0.15) is 0 Å². The number of carbonyl (C=O) groups is 1. The zero-order valence-electron chi connectivity index (χ0n) is 12.5. The molecule has 0 spiro atoms. The van der Waals surface area contributed by atoms with Crippen LogP contribution in [-0.4, -0.2) is 53.0 Å². The molecule has 0 aliphatic carbocycles. The lowest BCUT2D eigenvalue weighted by atomic mass is 10.4. The summed E-state index contributed by atoms with van der Waals surface area (Å²) in [5.74, 6) is 0.0363. The highest BCUT2D eigenvalue weighted by Gasteiger charge is 2.47. The van der Waals surface area contributed by atoms with E-state index in [1.807, 2.05) is 27.7 Å². The third kappa shape index (κ3) is 5.05. The number of carbonyl (C=O) groups excluding carboxylic acids is 1. The predicted octanol–water partition coefficient (Wildman–Crippen LogP) is 1.90. The van der Waals surface area contributed by atoms with Crippen molar-refractivity contribution in [2.45, 2.75) is 40.2 Å². The summed E-state index contributed by atoms with van der Waals surface area (Å²) in [4.78, 5) is 13.0. The predicted molar refractivity (Wildman–Crippen MR) is 73.4 cm³/mol. The third-order valence-corrected chi connectivity index (χ3v) is 6.19. The van der Waals surface area contributed by atoms with Crippen LogP contribution in [-0.2, 0) is 18.1 Å². The fourth-order valence-corrected chi connectivity index (χ4v) is 4.61. The standard InChI is InChI=1S/C12H27NO4Si/c1-7-15-18(16-8-2,17-9-3)11(4)10-13(6)12(5)14/h11H,7-10H2,1-6H3. The first-order valence-corrected chi connectivity index (χ1v) is 8.37. The molecule has 1 amide bonds. The summed E-state index contributed by atoms with van der Waals surface area (Å²) in [6, 6.07) is 0. The number of rotatable bonds is 9. The van der Waals surface area contributed by atoms with Crippen molar-refractivity contribution < 1.29 is 18.1 Å². The lowest BCUT2D eigenvalue weighted by Gasteiger charge is -2.35. The fraction of sp³-hybridized carbons (Fsp3) is 0.917. The second kappa shape index (κ2) is 8.63. The second-order valence-electron chi connectivity index (χ2n) is 4.20. The third-order valence-electron chi connectivity index (χ3n) is 2.73. The molecule has 0 aliphatic heterocycles. The minimum absolute atomic E-state index is 0.0363. The Morgan fingerprint density at radius 3 is 1.78 bits per heavy atom. The van der Waals surface area contributed by atoms with Crippen molar-refractivity contribution in [3.8, 4) is 0 Å². The summed E-state index contributed by atoms with van der Waals surface area (Å²) in [6.07, 6.45) is 0. The highest BCUT2D eigenvalue weighted by Crippen LogP contribution is 2.26. The lowest BCUT2D eigenvalue weighted by Crippen LogP contribution is -2.52. The van der Waals surface area contributed by atoms with Gasteiger partial charge in [0.25, 0.3) is 0 Å². The molecule has 0 rings (SSSR count). The molecule has 0 fully saturated rings. The normalized spacial score (nSPS) is 13.4. The zero-order chi connectivity index (χ0) is 14.2. The van der Waals surface area contributed by atoms with E-state index >= 15 is 0 Å². The van der Waals surface area contributed by atoms with E-state index < -0.39 is 8.80 Å². The summed E-state index contributed by atoms with van der Waals surface area (Å²) >= 11 is 0. The largest absolute Gasteiger partial charge is 0.505 e. The van der Waals surface area contributed by atoms with Gasteiger partial charge in [-0.3, -0.25) is 4.79 Å². The van der Waals surface area contributed by atoms with Crippen molar-refractivity contribution in [2.75, 3.05) is 33.4 Å². The van der Waals surface area contributed by atoms with E-state index in [9.17, 15) is 4.79 Å². The van der Waals surface area contributed by atoms with E-state index in [2.05, 4.69) is 0 Å². The molecule has 6 heteroatoms. The summed E-state index contributed by atoms with van der Waals surface area (Å²) in [6.45, 7) is 11.6. The minimum atomic E-state index is -2.70. The van der Waals surface area contributed by atoms with Crippen LogP contribution in [0.4, 0.5) is 0 Å². The van der Waals surface area contributed by atoms with Crippen LogP contribution in [0, 0.1) is 0 Å². The Bertz CT molecular complexity index is 233. The first-order valence-electron chi connectivity index (χ1n) is 6.57. The van der Waals surface area contributed by atoms with E-state index in [0.29, 0.717) is 26.4 Å². The molecule has 0 aliphatic rings. The van der Waals surface area contributed by atoms with Gasteiger partial charge in [0.2, 0.25) is 5.91 Å². The van der Waals surface area contributed by atoms with Crippen LogP contribution in [0.1, 0.15) is 34.6 Å². The minimum Gasteiger partial charge on any atom is -0.374 e. The summed E-state index contributed by atoms with van der Waals surface area (Å²) in [7, 11) is -0.922. The van der Waals surface area contributed by atoms with Gasteiger partial charge in [-0.25, -0.2) is 0 Å². The first-order chi connectivity index (χ1) is 8.43. The number of amides is 1. The quantitative estimate of drug-likeness (QED) is 0.604. The van der Waals surface area contributed by atoms with Crippen molar-refractivity contribution in [3.63, 3.8) is 0 Å². The Kier molecular flexibility index (Phi) is 8.42. The molecule has 108 valence electrons. The average Bonchev–Trinajstić information content (AvgIpc) is 2.29. The molecule has 0 aromatic carbocycles. The molecule has 5 nitrogen and oxygen atoms in total. The van der Waals surface area contributed by atoms with E-state index in [4.69, 9.17) is 13.3 Å². The van der Waals surface area contributed by atoms with Crippen LogP contribution in [0.5, 0.6) is 0 Å².